The molecule has 1 heterocycles. The van der Waals surface area contributed by atoms with Crippen LogP contribution in [-0.4, -0.2) is 32.1 Å². The lowest BCUT2D eigenvalue weighted by molar-refractivity contribution is 0.100. The van der Waals surface area contributed by atoms with Gasteiger partial charge in [-0.25, -0.2) is 0 Å². The standard InChI is InChI=1S/C12H21NO3.C2H6/c1-11-10-12(13-16-11)6-3-4-8-15-9-5-7-14-2;1-2/h10H,3-9H2,1-2H3;1-2H3. The van der Waals surface area contributed by atoms with Gasteiger partial charge in [0.1, 0.15) is 5.76 Å². The molecule has 0 radical (unpaired) electrons. The van der Waals surface area contributed by atoms with Crippen LogP contribution >= 0.6 is 0 Å². The molecule has 106 valence electrons. The minimum Gasteiger partial charge on any atom is -0.385 e. The summed E-state index contributed by atoms with van der Waals surface area (Å²) in [4.78, 5) is 0. The van der Waals surface area contributed by atoms with Crippen molar-refractivity contribution in [1.82, 2.24) is 5.16 Å². The van der Waals surface area contributed by atoms with Gasteiger partial charge in [0.2, 0.25) is 0 Å². The van der Waals surface area contributed by atoms with Gasteiger partial charge in [-0.15, -0.1) is 0 Å². The predicted octanol–water partition coefficient (Wildman–Crippen LogP) is 3.39. The number of hydrogen-bond acceptors (Lipinski definition) is 4. The molecule has 4 nitrogen and oxygen atoms in total. The topological polar surface area (TPSA) is 44.5 Å². The van der Waals surface area contributed by atoms with Gasteiger partial charge >= 0.3 is 0 Å². The molecule has 0 aliphatic rings. The van der Waals surface area contributed by atoms with Gasteiger partial charge in [0.15, 0.2) is 0 Å². The Morgan fingerprint density at radius 1 is 1.11 bits per heavy atom. The van der Waals surface area contributed by atoms with Gasteiger partial charge in [-0.3, -0.25) is 0 Å². The van der Waals surface area contributed by atoms with Crippen molar-refractivity contribution in [2.75, 3.05) is 26.9 Å². The Morgan fingerprint density at radius 2 is 1.83 bits per heavy atom. The van der Waals surface area contributed by atoms with Crippen molar-refractivity contribution in [3.05, 3.63) is 17.5 Å². The number of hydrogen-bond donors (Lipinski definition) is 0. The molecule has 0 atom stereocenters. The van der Waals surface area contributed by atoms with Crippen LogP contribution in [0.4, 0.5) is 0 Å². The third-order valence-corrected chi connectivity index (χ3v) is 2.29. The van der Waals surface area contributed by atoms with Gasteiger partial charge in [0, 0.05) is 33.0 Å². The van der Waals surface area contributed by atoms with E-state index < -0.39 is 0 Å². The number of aromatic nitrogens is 1. The van der Waals surface area contributed by atoms with Crippen LogP contribution in [0.3, 0.4) is 0 Å². The van der Waals surface area contributed by atoms with Crippen LogP contribution in [0.2, 0.25) is 0 Å². The predicted molar refractivity (Wildman–Crippen MR) is 72.8 cm³/mol. The first-order valence-electron chi connectivity index (χ1n) is 6.82. The van der Waals surface area contributed by atoms with E-state index in [-0.39, 0.29) is 0 Å². The van der Waals surface area contributed by atoms with Crippen LogP contribution in [0.15, 0.2) is 10.6 Å². The highest BCUT2D eigenvalue weighted by Crippen LogP contribution is 2.05. The minimum absolute atomic E-state index is 0.776. The quantitative estimate of drug-likeness (QED) is 0.636. The average Bonchev–Trinajstić information content (AvgIpc) is 2.81. The van der Waals surface area contributed by atoms with Crippen molar-refractivity contribution >= 4 is 0 Å². The Bertz CT molecular complexity index is 274. The fraction of sp³-hybridized carbons (Fsp3) is 0.786. The fourth-order valence-corrected chi connectivity index (χ4v) is 1.45. The SMILES string of the molecule is CC.COCCCOCCCCc1cc(C)on1. The Kier molecular flexibility index (Phi) is 12.0. The molecular formula is C14H27NO3. The maximum absolute atomic E-state index is 5.46. The number of methoxy groups -OCH3 is 1. The summed E-state index contributed by atoms with van der Waals surface area (Å²) < 4.78 is 15.4. The van der Waals surface area contributed by atoms with Gasteiger partial charge in [-0.2, -0.15) is 0 Å². The van der Waals surface area contributed by atoms with Crippen LogP contribution in [0, 0.1) is 6.92 Å². The highest BCUT2D eigenvalue weighted by molar-refractivity contribution is 5.03. The van der Waals surface area contributed by atoms with E-state index in [1.54, 1.807) is 7.11 Å². The molecule has 0 aliphatic heterocycles. The maximum atomic E-state index is 5.46. The molecule has 1 rings (SSSR count). The number of nitrogens with zero attached hydrogens (tertiary/aromatic N) is 1. The molecule has 0 aliphatic carbocycles. The molecule has 0 spiro atoms. The molecule has 0 amide bonds. The van der Waals surface area contributed by atoms with Crippen LogP contribution in [-0.2, 0) is 15.9 Å². The molecule has 0 aromatic carbocycles. The Morgan fingerprint density at radius 3 is 2.44 bits per heavy atom. The Hall–Kier alpha value is -0.870. The largest absolute Gasteiger partial charge is 0.385 e. The molecular weight excluding hydrogens is 230 g/mol. The number of ether oxygens (including phenoxy) is 2. The molecule has 0 bridgehead atoms. The minimum atomic E-state index is 0.776. The second kappa shape index (κ2) is 12.6. The third-order valence-electron chi connectivity index (χ3n) is 2.29. The van der Waals surface area contributed by atoms with Crippen molar-refractivity contribution in [2.24, 2.45) is 0 Å². The lowest BCUT2D eigenvalue weighted by Crippen LogP contribution is -2.00. The van der Waals surface area contributed by atoms with E-state index in [0.717, 1.165) is 57.0 Å². The Labute approximate surface area is 111 Å². The van der Waals surface area contributed by atoms with Gasteiger partial charge in [-0.05, 0) is 32.6 Å². The smallest absolute Gasteiger partial charge is 0.133 e. The van der Waals surface area contributed by atoms with Crippen LogP contribution < -0.4 is 0 Å². The molecule has 4 heteroatoms. The second-order valence-electron chi connectivity index (χ2n) is 3.84. The van der Waals surface area contributed by atoms with Crippen molar-refractivity contribution in [1.29, 1.82) is 0 Å². The monoisotopic (exact) mass is 257 g/mol. The first kappa shape index (κ1) is 17.1. The van der Waals surface area contributed by atoms with E-state index >= 15 is 0 Å². The summed E-state index contributed by atoms with van der Waals surface area (Å²) in [5, 5.41) is 3.94. The summed E-state index contributed by atoms with van der Waals surface area (Å²) in [6, 6.07) is 1.99. The van der Waals surface area contributed by atoms with E-state index in [0.29, 0.717) is 0 Å². The van der Waals surface area contributed by atoms with E-state index in [4.69, 9.17) is 14.0 Å². The van der Waals surface area contributed by atoms with Crippen LogP contribution in [0.1, 0.15) is 44.6 Å². The average molecular weight is 257 g/mol. The van der Waals surface area contributed by atoms with Gasteiger partial charge in [0.25, 0.3) is 0 Å². The summed E-state index contributed by atoms with van der Waals surface area (Å²) in [5.41, 5.74) is 1.04. The number of unbranched alkanes of at least 4 members (excludes halogenated alkanes) is 1. The van der Waals surface area contributed by atoms with Crippen LogP contribution in [0.25, 0.3) is 0 Å². The third kappa shape index (κ3) is 9.19. The zero-order valence-electron chi connectivity index (χ0n) is 12.2. The second-order valence-corrected chi connectivity index (χ2v) is 3.84. The highest BCUT2D eigenvalue weighted by atomic mass is 16.5. The normalized spacial score (nSPS) is 10.0. The molecule has 0 N–H and O–H groups in total. The molecule has 1 aromatic heterocycles. The molecule has 18 heavy (non-hydrogen) atoms. The first-order chi connectivity index (χ1) is 8.83. The van der Waals surface area contributed by atoms with Gasteiger partial charge in [0.05, 0.1) is 5.69 Å². The first-order valence-corrected chi connectivity index (χ1v) is 6.82. The van der Waals surface area contributed by atoms with Crippen LogP contribution in [0.5, 0.6) is 0 Å². The summed E-state index contributed by atoms with van der Waals surface area (Å²) in [7, 11) is 1.71. The molecule has 0 fully saturated rings. The summed E-state index contributed by atoms with van der Waals surface area (Å²) >= 11 is 0. The number of rotatable bonds is 9. The number of aryl methyl sites for hydroxylation is 2. The van der Waals surface area contributed by atoms with E-state index in [1.165, 1.54) is 0 Å². The van der Waals surface area contributed by atoms with Crippen molar-refractivity contribution in [3.63, 3.8) is 0 Å². The van der Waals surface area contributed by atoms with Crippen molar-refractivity contribution in [3.8, 4) is 0 Å². The van der Waals surface area contributed by atoms with E-state index in [2.05, 4.69) is 5.16 Å². The molecule has 0 saturated carbocycles. The van der Waals surface area contributed by atoms with Gasteiger partial charge < -0.3 is 14.0 Å². The van der Waals surface area contributed by atoms with Crippen molar-refractivity contribution < 1.29 is 14.0 Å². The van der Waals surface area contributed by atoms with E-state index in [1.807, 2.05) is 26.8 Å². The van der Waals surface area contributed by atoms with E-state index in [9.17, 15) is 0 Å². The summed E-state index contributed by atoms with van der Waals surface area (Å²) in [6.07, 6.45) is 4.10. The summed E-state index contributed by atoms with van der Waals surface area (Å²) in [5.74, 6) is 0.880. The molecule has 0 saturated heterocycles. The Balaban J connectivity index is 0.00000137. The fourth-order valence-electron chi connectivity index (χ4n) is 1.45. The zero-order valence-corrected chi connectivity index (χ0v) is 12.2. The zero-order chi connectivity index (χ0) is 13.6. The lowest BCUT2D eigenvalue weighted by Gasteiger charge is -2.02. The molecule has 1 aromatic rings. The van der Waals surface area contributed by atoms with Crippen molar-refractivity contribution in [2.45, 2.75) is 46.5 Å². The lowest BCUT2D eigenvalue weighted by atomic mass is 10.2. The highest BCUT2D eigenvalue weighted by Gasteiger charge is 1.99. The summed E-state index contributed by atoms with van der Waals surface area (Å²) in [6.45, 7) is 8.30. The van der Waals surface area contributed by atoms with Gasteiger partial charge in [-0.1, -0.05) is 19.0 Å². The molecule has 0 unspecified atom stereocenters. The maximum Gasteiger partial charge on any atom is 0.133 e.